The molecule has 1 heterocycles. The highest BCUT2D eigenvalue weighted by molar-refractivity contribution is 5.93. The first-order valence-corrected chi connectivity index (χ1v) is 6.67. The topological polar surface area (TPSA) is 107 Å². The molecule has 1 unspecified atom stereocenters. The van der Waals surface area contributed by atoms with Gasteiger partial charge in [0.05, 0.1) is 23.8 Å². The van der Waals surface area contributed by atoms with E-state index in [1.807, 2.05) is 13.8 Å². The molecule has 0 aliphatic heterocycles. The van der Waals surface area contributed by atoms with Gasteiger partial charge in [-0.05, 0) is 20.3 Å². The van der Waals surface area contributed by atoms with Crippen LogP contribution in [0.4, 0.5) is 5.69 Å². The highest BCUT2D eigenvalue weighted by Gasteiger charge is 2.22. The quantitative estimate of drug-likeness (QED) is 0.552. The fourth-order valence-electron chi connectivity index (χ4n) is 1.99. The summed E-state index contributed by atoms with van der Waals surface area (Å²) < 4.78 is 6.53. The van der Waals surface area contributed by atoms with E-state index in [1.165, 1.54) is 19.4 Å². The Labute approximate surface area is 122 Å². The SMILES string of the molecule is COCC(CCO)NC(=O)c1cc([N+](=O)[O-])cn1C(C)C. The average molecular weight is 299 g/mol. The van der Waals surface area contributed by atoms with E-state index in [2.05, 4.69) is 5.32 Å². The number of aliphatic hydroxyl groups excluding tert-OH is 1. The Morgan fingerprint density at radius 3 is 2.71 bits per heavy atom. The van der Waals surface area contributed by atoms with E-state index < -0.39 is 10.8 Å². The number of hydrogen-bond acceptors (Lipinski definition) is 5. The number of ether oxygens (including phenoxy) is 1. The van der Waals surface area contributed by atoms with Gasteiger partial charge >= 0.3 is 0 Å². The summed E-state index contributed by atoms with van der Waals surface area (Å²) in [4.78, 5) is 22.6. The molecule has 1 aromatic heterocycles. The van der Waals surface area contributed by atoms with E-state index in [0.29, 0.717) is 6.42 Å². The number of nitrogens with one attached hydrogen (secondary N) is 1. The lowest BCUT2D eigenvalue weighted by Crippen LogP contribution is -2.39. The Morgan fingerprint density at radius 2 is 2.24 bits per heavy atom. The van der Waals surface area contributed by atoms with Crippen LogP contribution < -0.4 is 5.32 Å². The summed E-state index contributed by atoms with van der Waals surface area (Å²) in [5.41, 5.74) is 0.0926. The summed E-state index contributed by atoms with van der Waals surface area (Å²) in [5, 5.41) is 22.5. The molecule has 1 atom stereocenters. The Balaban J connectivity index is 2.97. The number of aliphatic hydroxyl groups is 1. The lowest BCUT2D eigenvalue weighted by atomic mass is 10.2. The molecular weight excluding hydrogens is 278 g/mol. The fraction of sp³-hybridized carbons (Fsp3) is 0.615. The van der Waals surface area contributed by atoms with Crippen molar-refractivity contribution in [2.24, 2.45) is 0 Å². The van der Waals surface area contributed by atoms with Crippen LogP contribution in [0.15, 0.2) is 12.3 Å². The third kappa shape index (κ3) is 4.54. The molecule has 21 heavy (non-hydrogen) atoms. The molecule has 0 fully saturated rings. The van der Waals surface area contributed by atoms with Crippen molar-refractivity contribution in [3.63, 3.8) is 0 Å². The smallest absolute Gasteiger partial charge is 0.287 e. The van der Waals surface area contributed by atoms with Crippen LogP contribution in [0.1, 0.15) is 36.8 Å². The van der Waals surface area contributed by atoms with Crippen molar-refractivity contribution < 1.29 is 19.6 Å². The maximum absolute atomic E-state index is 12.3. The zero-order valence-corrected chi connectivity index (χ0v) is 12.4. The first-order chi connectivity index (χ1) is 9.90. The number of rotatable bonds is 8. The van der Waals surface area contributed by atoms with Gasteiger partial charge in [0.1, 0.15) is 5.69 Å². The van der Waals surface area contributed by atoms with E-state index in [4.69, 9.17) is 9.84 Å². The number of methoxy groups -OCH3 is 1. The van der Waals surface area contributed by atoms with Crippen LogP contribution in [0.3, 0.4) is 0 Å². The number of carbonyl (C=O) groups is 1. The minimum absolute atomic E-state index is 0.0837. The van der Waals surface area contributed by atoms with Gasteiger partial charge in [0, 0.05) is 25.8 Å². The fourth-order valence-corrected chi connectivity index (χ4v) is 1.99. The highest BCUT2D eigenvalue weighted by atomic mass is 16.6. The average Bonchev–Trinajstić information content (AvgIpc) is 2.84. The lowest BCUT2D eigenvalue weighted by Gasteiger charge is -2.18. The summed E-state index contributed by atoms with van der Waals surface area (Å²) in [6, 6.07) is 0.818. The lowest BCUT2D eigenvalue weighted by molar-refractivity contribution is -0.384. The molecule has 0 spiro atoms. The van der Waals surface area contributed by atoms with Gasteiger partial charge < -0.3 is 19.7 Å². The second-order valence-corrected chi connectivity index (χ2v) is 4.98. The highest BCUT2D eigenvalue weighted by Crippen LogP contribution is 2.20. The standard InChI is InChI=1S/C13H21N3O5/c1-9(2)15-7-11(16(19)20)6-12(15)13(18)14-10(4-5-17)8-21-3/h6-7,9-10,17H,4-5,8H2,1-3H3,(H,14,18). The van der Waals surface area contributed by atoms with Gasteiger partial charge in [0.2, 0.25) is 0 Å². The molecule has 0 bridgehead atoms. The van der Waals surface area contributed by atoms with Crippen molar-refractivity contribution in [1.29, 1.82) is 0 Å². The van der Waals surface area contributed by atoms with Crippen molar-refractivity contribution in [2.45, 2.75) is 32.4 Å². The molecule has 0 saturated carbocycles. The Hall–Kier alpha value is -1.93. The second-order valence-electron chi connectivity index (χ2n) is 4.98. The molecule has 8 nitrogen and oxygen atoms in total. The molecule has 0 aliphatic rings. The van der Waals surface area contributed by atoms with Gasteiger partial charge in [-0.1, -0.05) is 0 Å². The number of carbonyl (C=O) groups excluding carboxylic acids is 1. The number of nitro groups is 1. The maximum atomic E-state index is 12.3. The third-order valence-corrected chi connectivity index (χ3v) is 3.01. The Bertz CT molecular complexity index is 492. The summed E-state index contributed by atoms with van der Waals surface area (Å²) in [6.45, 7) is 3.85. The van der Waals surface area contributed by atoms with E-state index in [0.717, 1.165) is 0 Å². The Kier molecular flexibility index (Phi) is 6.32. The summed E-state index contributed by atoms with van der Waals surface area (Å²) in [5.74, 6) is -0.424. The molecule has 0 radical (unpaired) electrons. The van der Waals surface area contributed by atoms with Crippen molar-refractivity contribution in [2.75, 3.05) is 20.3 Å². The monoisotopic (exact) mass is 299 g/mol. The minimum atomic E-state index is -0.532. The van der Waals surface area contributed by atoms with E-state index >= 15 is 0 Å². The number of nitrogens with zero attached hydrogens (tertiary/aromatic N) is 2. The molecule has 0 saturated heterocycles. The normalized spacial score (nSPS) is 12.4. The predicted octanol–water partition coefficient (Wildman–Crippen LogP) is 1.10. The minimum Gasteiger partial charge on any atom is -0.396 e. The largest absolute Gasteiger partial charge is 0.396 e. The molecule has 0 aromatic carbocycles. The predicted molar refractivity (Wildman–Crippen MR) is 76.3 cm³/mol. The van der Waals surface area contributed by atoms with E-state index in [1.54, 1.807) is 4.57 Å². The zero-order chi connectivity index (χ0) is 16.0. The van der Waals surface area contributed by atoms with Gasteiger partial charge in [-0.3, -0.25) is 14.9 Å². The zero-order valence-electron chi connectivity index (χ0n) is 12.4. The molecular formula is C13H21N3O5. The van der Waals surface area contributed by atoms with Crippen molar-refractivity contribution in [3.8, 4) is 0 Å². The maximum Gasteiger partial charge on any atom is 0.287 e. The van der Waals surface area contributed by atoms with Crippen LogP contribution in [0.5, 0.6) is 0 Å². The summed E-state index contributed by atoms with van der Waals surface area (Å²) >= 11 is 0. The van der Waals surface area contributed by atoms with Gasteiger partial charge in [-0.2, -0.15) is 0 Å². The molecule has 2 N–H and O–H groups in total. The molecule has 1 aromatic rings. The van der Waals surface area contributed by atoms with Crippen molar-refractivity contribution in [1.82, 2.24) is 9.88 Å². The molecule has 0 aliphatic carbocycles. The van der Waals surface area contributed by atoms with Gasteiger partial charge in [-0.25, -0.2) is 0 Å². The van der Waals surface area contributed by atoms with E-state index in [9.17, 15) is 14.9 Å². The van der Waals surface area contributed by atoms with Crippen LogP contribution in [0, 0.1) is 10.1 Å². The van der Waals surface area contributed by atoms with Crippen LogP contribution in [-0.2, 0) is 4.74 Å². The summed E-state index contributed by atoms with van der Waals surface area (Å²) in [6.07, 6.45) is 1.70. The second kappa shape index (κ2) is 7.75. The number of amides is 1. The van der Waals surface area contributed by atoms with Crippen LogP contribution in [0.25, 0.3) is 0 Å². The first-order valence-electron chi connectivity index (χ1n) is 6.67. The van der Waals surface area contributed by atoms with Gasteiger partial charge in [0.15, 0.2) is 0 Å². The number of aromatic nitrogens is 1. The first kappa shape index (κ1) is 17.1. The van der Waals surface area contributed by atoms with Crippen LogP contribution >= 0.6 is 0 Å². The van der Waals surface area contributed by atoms with Gasteiger partial charge in [-0.15, -0.1) is 0 Å². The Morgan fingerprint density at radius 1 is 1.57 bits per heavy atom. The third-order valence-electron chi connectivity index (χ3n) is 3.01. The van der Waals surface area contributed by atoms with E-state index in [-0.39, 0.29) is 36.7 Å². The van der Waals surface area contributed by atoms with Crippen molar-refractivity contribution >= 4 is 11.6 Å². The summed E-state index contributed by atoms with van der Waals surface area (Å²) in [7, 11) is 1.50. The van der Waals surface area contributed by atoms with Crippen LogP contribution in [-0.4, -0.2) is 46.9 Å². The number of hydrogen-bond donors (Lipinski definition) is 2. The van der Waals surface area contributed by atoms with Gasteiger partial charge in [0.25, 0.3) is 11.6 Å². The molecule has 1 amide bonds. The molecule has 118 valence electrons. The molecule has 8 heteroatoms. The molecule has 1 rings (SSSR count). The van der Waals surface area contributed by atoms with Crippen LogP contribution in [0.2, 0.25) is 0 Å². The van der Waals surface area contributed by atoms with Crippen molar-refractivity contribution in [3.05, 3.63) is 28.1 Å².